The number of rotatable bonds is 12. The highest BCUT2D eigenvalue weighted by molar-refractivity contribution is 8.24. The first kappa shape index (κ1) is 59.0. The number of nitrogens with zero attached hydrogens (tertiary/aromatic N) is 1. The van der Waals surface area contributed by atoms with Crippen molar-refractivity contribution in [3.63, 3.8) is 0 Å². The van der Waals surface area contributed by atoms with E-state index in [2.05, 4.69) is 34.6 Å². The van der Waals surface area contributed by atoms with Crippen LogP contribution in [0.4, 0.5) is 0 Å². The highest BCUT2D eigenvalue weighted by atomic mass is 32.2. The van der Waals surface area contributed by atoms with Crippen LogP contribution in [0.1, 0.15) is 221 Å². The predicted molar refractivity (Wildman–Crippen MR) is 278 cm³/mol. The third kappa shape index (κ3) is 12.5. The molecule has 2 aliphatic heterocycles. The molecule has 4 bridgehead atoms. The highest BCUT2D eigenvalue weighted by Gasteiger charge is 2.68. The van der Waals surface area contributed by atoms with Crippen LogP contribution < -0.4 is 0 Å². The van der Waals surface area contributed by atoms with Crippen LogP contribution in [0.25, 0.3) is 0 Å². The molecule has 0 N–H and O–H groups in total. The van der Waals surface area contributed by atoms with Gasteiger partial charge in [-0.2, -0.15) is 0 Å². The maximum absolute atomic E-state index is 12.7. The molecule has 11 nitrogen and oxygen atoms in total. The van der Waals surface area contributed by atoms with Gasteiger partial charge in [-0.1, -0.05) is 93.2 Å². The van der Waals surface area contributed by atoms with Crippen molar-refractivity contribution in [1.82, 2.24) is 4.90 Å². The van der Waals surface area contributed by atoms with E-state index < -0.39 is 16.4 Å². The van der Waals surface area contributed by atoms with Crippen LogP contribution in [-0.4, -0.2) is 73.6 Å². The molecule has 5 saturated carbocycles. The first-order chi connectivity index (χ1) is 31.7. The van der Waals surface area contributed by atoms with Crippen molar-refractivity contribution in [2.24, 2.45) is 62.6 Å². The van der Waals surface area contributed by atoms with Crippen molar-refractivity contribution < 1.29 is 47.7 Å². The topological polar surface area (TPSA) is 143 Å². The van der Waals surface area contributed by atoms with Gasteiger partial charge in [-0.25, -0.2) is 4.90 Å². The van der Waals surface area contributed by atoms with E-state index in [0.717, 1.165) is 73.0 Å². The molecule has 0 spiro atoms. The third-order valence-corrected chi connectivity index (χ3v) is 19.9. The molecule has 394 valence electrons. The zero-order valence-electron chi connectivity index (χ0n) is 46.2. The van der Waals surface area contributed by atoms with E-state index >= 15 is 0 Å². The van der Waals surface area contributed by atoms with E-state index in [4.69, 9.17) is 31.2 Å². The second-order valence-corrected chi connectivity index (χ2v) is 27.1. The van der Waals surface area contributed by atoms with Gasteiger partial charge in [0.1, 0.15) is 21.6 Å². The molecular formula is C56H93NO10S2. The lowest BCUT2D eigenvalue weighted by atomic mass is 9.65. The number of hydrogen-bond donors (Lipinski definition) is 0. The Bertz CT molecular complexity index is 1890. The van der Waals surface area contributed by atoms with Crippen molar-refractivity contribution in [2.45, 2.75) is 244 Å². The molecular weight excluding hydrogens is 911 g/mol. The molecule has 2 saturated heterocycles. The van der Waals surface area contributed by atoms with Crippen LogP contribution in [0.2, 0.25) is 0 Å². The van der Waals surface area contributed by atoms with E-state index in [0.29, 0.717) is 28.8 Å². The predicted octanol–water partition coefficient (Wildman–Crippen LogP) is 13.0. The maximum atomic E-state index is 12.7. The smallest absolute Gasteiger partial charge is 0.312 e. The standard InChI is InChI=1S/C20H32O2.C15H28O2.C12H20O4.C9H13NO2S2/c1-5-19(3,4)18(21)22-20(6-2)11-14-10-15(20)17-13-8-7-12(9-13)16(14)17;1-7-14(5,6)12(16)17-15(13(2,3)4)10-8-9-11-15;1-6-11(3,4)10(14)16-12(5)7-9(13)15-8(12)2;1-4-9(2,3)7(12)10-6(11)5-14-8(10)13/h12-17H,5-11H2,1-4H3;7-11H2,1-6H3;8H,6-7H2,1-5H3;4-5H2,1-3H3. The number of imide groups is 1. The van der Waals surface area contributed by atoms with Gasteiger partial charge in [0.05, 0.1) is 28.4 Å². The number of cyclic esters (lactones) is 1. The van der Waals surface area contributed by atoms with E-state index in [1.54, 1.807) is 13.8 Å². The molecule has 7 rings (SSSR count). The number of hydrogen-bond acceptors (Lipinski definition) is 12. The molecule has 0 aromatic carbocycles. The summed E-state index contributed by atoms with van der Waals surface area (Å²) in [5.41, 5.74) is -2.88. The Hall–Kier alpha value is -2.54. The van der Waals surface area contributed by atoms with E-state index in [1.165, 1.54) is 50.3 Å². The summed E-state index contributed by atoms with van der Waals surface area (Å²) in [7, 11) is 0. The zero-order valence-corrected chi connectivity index (χ0v) is 47.8. The molecule has 9 atom stereocenters. The summed E-state index contributed by atoms with van der Waals surface area (Å²) < 4.78 is 23.1. The Kier molecular flexibility index (Phi) is 18.7. The van der Waals surface area contributed by atoms with Crippen LogP contribution in [-0.2, 0) is 47.7 Å². The lowest BCUT2D eigenvalue weighted by Crippen LogP contribution is -2.49. The SMILES string of the molecule is CCC(C)(C)C(=O)N1C(=O)CSC1=S.CCC(C)(C)C(=O)OC1(C(C)(C)C)CCCC1.CCC(C)(C)C(=O)OC1(C)CC(=O)OC1C.CCC(C)(C)C(=O)OC1(CC)CC2CC1C1C3CCC(C3)C21. The summed E-state index contributed by atoms with van der Waals surface area (Å²) in [4.78, 5) is 72.5. The van der Waals surface area contributed by atoms with E-state index in [9.17, 15) is 28.8 Å². The Morgan fingerprint density at radius 1 is 0.696 bits per heavy atom. The number of ether oxygens (including phenoxy) is 4. The minimum Gasteiger partial charge on any atom is -0.458 e. The minimum atomic E-state index is -0.819. The quantitative estimate of drug-likeness (QED) is 0.0795. The average Bonchev–Trinajstić information content (AvgIpc) is 4.16. The summed E-state index contributed by atoms with van der Waals surface area (Å²) >= 11 is 6.21. The largest absolute Gasteiger partial charge is 0.458 e. The zero-order chi connectivity index (χ0) is 52.5. The second-order valence-electron chi connectivity index (χ2n) is 25.5. The molecule has 0 aromatic rings. The van der Waals surface area contributed by atoms with Gasteiger partial charge in [-0.05, 0) is 175 Å². The highest BCUT2D eigenvalue weighted by Crippen LogP contribution is 2.71. The molecule has 0 aromatic heterocycles. The van der Waals surface area contributed by atoms with Crippen LogP contribution >= 0.6 is 24.0 Å². The Labute approximate surface area is 426 Å². The van der Waals surface area contributed by atoms with E-state index in [-0.39, 0.29) is 75.7 Å². The van der Waals surface area contributed by atoms with Crippen molar-refractivity contribution >= 4 is 64.0 Å². The number of carbonyl (C=O) groups is 6. The molecule has 2 heterocycles. The maximum Gasteiger partial charge on any atom is 0.312 e. The molecule has 7 aliphatic rings. The summed E-state index contributed by atoms with van der Waals surface area (Å²) in [6.07, 6.45) is 15.2. The van der Waals surface area contributed by atoms with Gasteiger partial charge in [-0.15, -0.1) is 0 Å². The molecule has 0 radical (unpaired) electrons. The van der Waals surface area contributed by atoms with Gasteiger partial charge >= 0.3 is 23.9 Å². The molecule has 7 fully saturated rings. The fraction of sp³-hybridized carbons (Fsp3) is 0.875. The lowest BCUT2D eigenvalue weighted by Gasteiger charge is -2.46. The summed E-state index contributed by atoms with van der Waals surface area (Å²) in [6.45, 7) is 35.6. The third-order valence-electron chi connectivity index (χ3n) is 18.6. The van der Waals surface area contributed by atoms with Crippen LogP contribution in [0.3, 0.4) is 0 Å². The van der Waals surface area contributed by atoms with Gasteiger partial charge in [0.15, 0.2) is 5.60 Å². The first-order valence-electron chi connectivity index (χ1n) is 26.6. The van der Waals surface area contributed by atoms with Gasteiger partial charge in [0.2, 0.25) is 11.8 Å². The van der Waals surface area contributed by atoms with Crippen molar-refractivity contribution in [1.29, 1.82) is 0 Å². The lowest BCUT2D eigenvalue weighted by molar-refractivity contribution is -0.184. The van der Waals surface area contributed by atoms with Gasteiger partial charge in [0, 0.05) is 16.7 Å². The Balaban J connectivity index is 0.000000204. The van der Waals surface area contributed by atoms with Crippen LogP contribution in [0, 0.1) is 62.6 Å². The van der Waals surface area contributed by atoms with Gasteiger partial charge in [-0.3, -0.25) is 28.8 Å². The molecule has 2 amide bonds. The monoisotopic (exact) mass is 1000 g/mol. The summed E-state index contributed by atoms with van der Waals surface area (Å²) in [6, 6.07) is 0. The molecule has 9 unspecified atom stereocenters. The number of carbonyl (C=O) groups excluding carboxylic acids is 6. The van der Waals surface area contributed by atoms with Crippen molar-refractivity contribution in [3.8, 4) is 0 Å². The normalized spacial score (nSPS) is 31.1. The van der Waals surface area contributed by atoms with Crippen LogP contribution in [0.15, 0.2) is 0 Å². The number of thiocarbonyl (C=S) groups is 1. The molecule has 69 heavy (non-hydrogen) atoms. The van der Waals surface area contributed by atoms with Gasteiger partial charge < -0.3 is 18.9 Å². The number of esters is 4. The number of thioether (sulfide) groups is 1. The second kappa shape index (κ2) is 21.9. The number of amides is 2. The Morgan fingerprint density at radius 2 is 1.17 bits per heavy atom. The molecule has 13 heteroatoms. The fourth-order valence-electron chi connectivity index (χ4n) is 11.6. The minimum absolute atomic E-state index is 0.0307. The first-order valence-corrected chi connectivity index (χ1v) is 28.0. The van der Waals surface area contributed by atoms with Crippen molar-refractivity contribution in [3.05, 3.63) is 0 Å². The molecule has 5 aliphatic carbocycles. The van der Waals surface area contributed by atoms with Crippen LogP contribution in [0.5, 0.6) is 0 Å². The Morgan fingerprint density at radius 3 is 1.59 bits per heavy atom. The summed E-state index contributed by atoms with van der Waals surface area (Å²) in [5.74, 6) is 4.71. The number of fused-ring (bicyclic) bond motifs is 9. The average molecular weight is 1000 g/mol. The summed E-state index contributed by atoms with van der Waals surface area (Å²) in [5, 5.41) is 0. The van der Waals surface area contributed by atoms with Gasteiger partial charge in [0.25, 0.3) is 0 Å². The fourth-order valence-corrected chi connectivity index (χ4v) is 12.6. The van der Waals surface area contributed by atoms with E-state index in [1.807, 2.05) is 76.2 Å². The van der Waals surface area contributed by atoms with Crippen molar-refractivity contribution in [2.75, 3.05) is 5.75 Å².